The van der Waals surface area contributed by atoms with E-state index in [4.69, 9.17) is 16.3 Å². The van der Waals surface area contributed by atoms with Gasteiger partial charge in [-0.05, 0) is 24.6 Å². The maximum absolute atomic E-state index is 11.8. The molecule has 1 rings (SSSR count). The summed E-state index contributed by atoms with van der Waals surface area (Å²) in [5.74, 6) is 0.335. The molecule has 19 heavy (non-hydrogen) atoms. The van der Waals surface area contributed by atoms with E-state index in [0.717, 1.165) is 0 Å². The smallest absolute Gasteiger partial charge is 0.411 e. The zero-order chi connectivity index (χ0) is 14.5. The molecule has 0 heterocycles. The molecule has 1 aromatic rings. The van der Waals surface area contributed by atoms with Crippen molar-refractivity contribution in [2.24, 2.45) is 0 Å². The van der Waals surface area contributed by atoms with Crippen molar-refractivity contribution < 1.29 is 27.8 Å². The SMILES string of the molecule is CC(O)c1ccc(OCCOCC(F)(F)F)c(Cl)c1. The van der Waals surface area contributed by atoms with Crippen LogP contribution in [0, 0.1) is 0 Å². The Hall–Kier alpha value is -0.980. The summed E-state index contributed by atoms with van der Waals surface area (Å²) in [6.07, 6.45) is -4.99. The van der Waals surface area contributed by atoms with Gasteiger partial charge in [-0.3, -0.25) is 0 Å². The predicted octanol–water partition coefficient (Wildman–Crippen LogP) is 3.35. The second-order valence-corrected chi connectivity index (χ2v) is 4.29. The minimum atomic E-state index is -4.34. The highest BCUT2D eigenvalue weighted by atomic mass is 35.5. The molecule has 1 aromatic carbocycles. The van der Waals surface area contributed by atoms with Crippen LogP contribution in [0.5, 0.6) is 5.75 Å². The Bertz CT molecular complexity index is 408. The topological polar surface area (TPSA) is 38.7 Å². The first-order chi connectivity index (χ1) is 8.79. The van der Waals surface area contributed by atoms with Crippen molar-refractivity contribution in [2.75, 3.05) is 19.8 Å². The Morgan fingerprint density at radius 2 is 2.00 bits per heavy atom. The molecule has 7 heteroatoms. The van der Waals surface area contributed by atoms with Gasteiger partial charge in [0.05, 0.1) is 17.7 Å². The highest BCUT2D eigenvalue weighted by Crippen LogP contribution is 2.27. The van der Waals surface area contributed by atoms with E-state index in [1.54, 1.807) is 19.1 Å². The van der Waals surface area contributed by atoms with E-state index in [1.165, 1.54) is 6.07 Å². The fraction of sp³-hybridized carbons (Fsp3) is 0.500. The lowest BCUT2D eigenvalue weighted by atomic mass is 10.1. The minimum Gasteiger partial charge on any atom is -0.490 e. The van der Waals surface area contributed by atoms with Crippen molar-refractivity contribution in [1.82, 2.24) is 0 Å². The van der Waals surface area contributed by atoms with Gasteiger partial charge in [0, 0.05) is 0 Å². The van der Waals surface area contributed by atoms with Gasteiger partial charge < -0.3 is 14.6 Å². The summed E-state index contributed by atoms with van der Waals surface area (Å²) in [4.78, 5) is 0. The van der Waals surface area contributed by atoms with Crippen molar-refractivity contribution in [3.8, 4) is 5.75 Å². The average Bonchev–Trinajstić information content (AvgIpc) is 2.28. The fourth-order valence-electron chi connectivity index (χ4n) is 1.29. The van der Waals surface area contributed by atoms with Crippen molar-refractivity contribution in [3.05, 3.63) is 28.8 Å². The molecule has 3 nitrogen and oxygen atoms in total. The lowest BCUT2D eigenvalue weighted by Crippen LogP contribution is -2.19. The predicted molar refractivity (Wildman–Crippen MR) is 64.5 cm³/mol. The molecular formula is C12H14ClF3O3. The number of rotatable bonds is 6. The average molecular weight is 299 g/mol. The zero-order valence-corrected chi connectivity index (χ0v) is 11.0. The first kappa shape index (κ1) is 16.1. The van der Waals surface area contributed by atoms with Gasteiger partial charge in [-0.1, -0.05) is 17.7 Å². The second kappa shape index (κ2) is 6.98. The third kappa shape index (κ3) is 6.13. The Morgan fingerprint density at radius 3 is 2.53 bits per heavy atom. The Balaban J connectivity index is 2.38. The normalized spacial score (nSPS) is 13.4. The summed E-state index contributed by atoms with van der Waals surface area (Å²) in [6, 6.07) is 4.72. The number of hydrogen-bond donors (Lipinski definition) is 1. The number of hydrogen-bond acceptors (Lipinski definition) is 3. The van der Waals surface area contributed by atoms with Gasteiger partial charge in [0.15, 0.2) is 0 Å². The summed E-state index contributed by atoms with van der Waals surface area (Å²) >= 11 is 5.90. The van der Waals surface area contributed by atoms with Crippen LogP contribution in [-0.2, 0) is 4.74 Å². The number of halogens is 4. The van der Waals surface area contributed by atoms with Gasteiger partial charge in [-0.2, -0.15) is 13.2 Å². The molecule has 1 N–H and O–H groups in total. The third-order valence-corrected chi connectivity index (χ3v) is 2.48. The van der Waals surface area contributed by atoms with E-state index >= 15 is 0 Å². The lowest BCUT2D eigenvalue weighted by molar-refractivity contribution is -0.175. The van der Waals surface area contributed by atoms with Crippen LogP contribution in [0.2, 0.25) is 5.02 Å². The lowest BCUT2D eigenvalue weighted by Gasteiger charge is -2.11. The fourth-order valence-corrected chi connectivity index (χ4v) is 1.54. The maximum Gasteiger partial charge on any atom is 0.411 e. The van der Waals surface area contributed by atoms with Gasteiger partial charge in [0.25, 0.3) is 0 Å². The van der Waals surface area contributed by atoms with E-state index in [0.29, 0.717) is 11.3 Å². The van der Waals surface area contributed by atoms with Crippen LogP contribution >= 0.6 is 11.6 Å². The Morgan fingerprint density at radius 1 is 1.32 bits per heavy atom. The van der Waals surface area contributed by atoms with Gasteiger partial charge >= 0.3 is 6.18 Å². The molecule has 0 aromatic heterocycles. The maximum atomic E-state index is 11.8. The van der Waals surface area contributed by atoms with Crippen molar-refractivity contribution >= 4 is 11.6 Å². The van der Waals surface area contributed by atoms with Crippen molar-refractivity contribution in [3.63, 3.8) is 0 Å². The molecule has 0 spiro atoms. The summed E-state index contributed by atoms with van der Waals surface area (Å²) < 4.78 is 44.9. The Kier molecular flexibility index (Phi) is 5.90. The molecule has 0 bridgehead atoms. The summed E-state index contributed by atoms with van der Waals surface area (Å²) in [7, 11) is 0. The summed E-state index contributed by atoms with van der Waals surface area (Å²) in [5.41, 5.74) is 0.630. The molecule has 1 unspecified atom stereocenters. The molecular weight excluding hydrogens is 285 g/mol. The monoisotopic (exact) mass is 298 g/mol. The molecule has 0 saturated carbocycles. The van der Waals surface area contributed by atoms with Crippen LogP contribution in [0.4, 0.5) is 13.2 Å². The van der Waals surface area contributed by atoms with E-state index in [2.05, 4.69) is 4.74 Å². The number of ether oxygens (including phenoxy) is 2. The van der Waals surface area contributed by atoms with Gasteiger partial charge in [0.1, 0.15) is 19.0 Å². The van der Waals surface area contributed by atoms with E-state index < -0.39 is 18.9 Å². The van der Waals surface area contributed by atoms with Crippen LogP contribution in [-0.4, -0.2) is 31.1 Å². The number of benzene rings is 1. The van der Waals surface area contributed by atoms with Gasteiger partial charge in [-0.25, -0.2) is 0 Å². The van der Waals surface area contributed by atoms with E-state index in [9.17, 15) is 18.3 Å². The number of alkyl halides is 3. The van der Waals surface area contributed by atoms with E-state index in [-0.39, 0.29) is 18.2 Å². The van der Waals surface area contributed by atoms with Crippen LogP contribution in [0.15, 0.2) is 18.2 Å². The van der Waals surface area contributed by atoms with Crippen LogP contribution < -0.4 is 4.74 Å². The number of aliphatic hydroxyl groups is 1. The molecule has 0 radical (unpaired) electrons. The van der Waals surface area contributed by atoms with Crippen molar-refractivity contribution in [1.29, 1.82) is 0 Å². The van der Waals surface area contributed by atoms with E-state index in [1.807, 2.05) is 0 Å². The first-order valence-electron chi connectivity index (χ1n) is 5.54. The molecule has 1 atom stereocenters. The standard InChI is InChI=1S/C12H14ClF3O3/c1-8(17)9-2-3-11(10(13)6-9)19-5-4-18-7-12(14,15)16/h2-3,6,8,17H,4-5,7H2,1H3. The second-order valence-electron chi connectivity index (χ2n) is 3.88. The quantitative estimate of drug-likeness (QED) is 0.819. The summed E-state index contributed by atoms with van der Waals surface area (Å²) in [6.45, 7) is 0.0695. The minimum absolute atomic E-state index is 0.0379. The molecule has 0 aliphatic carbocycles. The van der Waals surface area contributed by atoms with Gasteiger partial charge in [0.2, 0.25) is 0 Å². The highest BCUT2D eigenvalue weighted by Gasteiger charge is 2.27. The molecule has 0 saturated heterocycles. The highest BCUT2D eigenvalue weighted by molar-refractivity contribution is 6.32. The van der Waals surface area contributed by atoms with Crippen LogP contribution in [0.1, 0.15) is 18.6 Å². The van der Waals surface area contributed by atoms with Gasteiger partial charge in [-0.15, -0.1) is 0 Å². The van der Waals surface area contributed by atoms with Crippen LogP contribution in [0.25, 0.3) is 0 Å². The van der Waals surface area contributed by atoms with Crippen molar-refractivity contribution in [2.45, 2.75) is 19.2 Å². The molecule has 0 aliphatic heterocycles. The van der Waals surface area contributed by atoms with Crippen LogP contribution in [0.3, 0.4) is 0 Å². The third-order valence-electron chi connectivity index (χ3n) is 2.19. The Labute approximate surface area is 113 Å². The number of aliphatic hydroxyl groups excluding tert-OH is 1. The molecule has 0 fully saturated rings. The summed E-state index contributed by atoms with van der Waals surface area (Å²) in [5, 5.41) is 9.62. The zero-order valence-electron chi connectivity index (χ0n) is 10.2. The first-order valence-corrected chi connectivity index (χ1v) is 5.92. The molecule has 0 aliphatic rings. The molecule has 108 valence electrons. The molecule has 0 amide bonds. The largest absolute Gasteiger partial charge is 0.490 e.